The second-order valence-electron chi connectivity index (χ2n) is 8.39. The molecule has 8 heteroatoms. The van der Waals surface area contributed by atoms with Crippen molar-refractivity contribution in [3.8, 4) is 0 Å². The normalized spacial score (nSPS) is 17.0. The van der Waals surface area contributed by atoms with Gasteiger partial charge in [0.05, 0.1) is 23.8 Å². The number of H-pyrrole nitrogens is 1. The first-order chi connectivity index (χ1) is 17.5. The molecule has 180 valence electrons. The van der Waals surface area contributed by atoms with Crippen molar-refractivity contribution in [3.05, 3.63) is 102 Å². The third-order valence-electron chi connectivity index (χ3n) is 6.09. The molecule has 2 N–H and O–H groups in total. The number of carbonyl (C=O) groups excluding carboxylic acids is 3. The smallest absolute Gasteiger partial charge is 0.338 e. The standard InChI is InChI=1S/C28H23N3O5/c1-2-13-36-28(35)17-7-5-9-19(14-17)31-24(18-8-6-12-29-15-18)23(26(33)27(31)34)25(32)21-16-30-22-11-4-3-10-20(21)22/h3-12,14-16,24,30,32H,2,13H2,1H3/b25-23-. The molecule has 2 aromatic heterocycles. The van der Waals surface area contributed by atoms with Crippen molar-refractivity contribution in [2.45, 2.75) is 19.4 Å². The molecule has 1 aliphatic heterocycles. The topological polar surface area (TPSA) is 113 Å². The molecule has 2 aromatic carbocycles. The number of hydrogen-bond acceptors (Lipinski definition) is 6. The molecule has 5 rings (SSSR count). The fourth-order valence-electron chi connectivity index (χ4n) is 4.43. The Bertz CT molecular complexity index is 1510. The van der Waals surface area contributed by atoms with E-state index >= 15 is 0 Å². The Labute approximate surface area is 206 Å². The highest BCUT2D eigenvalue weighted by molar-refractivity contribution is 6.51. The van der Waals surface area contributed by atoms with Crippen molar-refractivity contribution in [3.63, 3.8) is 0 Å². The molecule has 0 saturated carbocycles. The van der Waals surface area contributed by atoms with Gasteiger partial charge in [0.1, 0.15) is 5.76 Å². The Morgan fingerprint density at radius 1 is 1.11 bits per heavy atom. The summed E-state index contributed by atoms with van der Waals surface area (Å²) in [5.41, 5.74) is 2.26. The fourth-order valence-corrected chi connectivity index (χ4v) is 4.43. The number of anilines is 1. The lowest BCUT2D eigenvalue weighted by Gasteiger charge is -2.25. The van der Waals surface area contributed by atoms with Crippen LogP contribution in [0, 0.1) is 0 Å². The van der Waals surface area contributed by atoms with Gasteiger partial charge >= 0.3 is 5.97 Å². The van der Waals surface area contributed by atoms with Crippen LogP contribution in [-0.2, 0) is 14.3 Å². The largest absolute Gasteiger partial charge is 0.507 e. The molecule has 0 radical (unpaired) electrons. The van der Waals surface area contributed by atoms with Crippen molar-refractivity contribution < 1.29 is 24.2 Å². The van der Waals surface area contributed by atoms with Crippen LogP contribution in [0.1, 0.15) is 40.9 Å². The Hall–Kier alpha value is -4.72. The molecular formula is C28H23N3O5. The van der Waals surface area contributed by atoms with E-state index in [4.69, 9.17) is 4.74 Å². The van der Waals surface area contributed by atoms with Crippen molar-refractivity contribution in [2.24, 2.45) is 0 Å². The number of aromatic nitrogens is 2. The first-order valence-corrected chi connectivity index (χ1v) is 11.6. The third kappa shape index (κ3) is 3.92. The van der Waals surface area contributed by atoms with Gasteiger partial charge < -0.3 is 14.8 Å². The molecular weight excluding hydrogens is 458 g/mol. The average molecular weight is 482 g/mol. The molecule has 1 fully saturated rings. The van der Waals surface area contributed by atoms with E-state index in [1.165, 1.54) is 11.0 Å². The third-order valence-corrected chi connectivity index (χ3v) is 6.09. The van der Waals surface area contributed by atoms with Crippen LogP contribution >= 0.6 is 0 Å². The monoisotopic (exact) mass is 481 g/mol. The van der Waals surface area contributed by atoms with E-state index in [-0.39, 0.29) is 23.5 Å². The zero-order valence-electron chi connectivity index (χ0n) is 19.5. The zero-order chi connectivity index (χ0) is 25.2. The van der Waals surface area contributed by atoms with Gasteiger partial charge in [-0.1, -0.05) is 37.3 Å². The summed E-state index contributed by atoms with van der Waals surface area (Å²) in [6, 6.07) is 16.2. The average Bonchev–Trinajstić information content (AvgIpc) is 3.46. The first kappa shape index (κ1) is 23.0. The number of carbonyl (C=O) groups is 3. The molecule has 1 atom stereocenters. The van der Waals surface area contributed by atoms with Gasteiger partial charge in [0, 0.05) is 40.7 Å². The summed E-state index contributed by atoms with van der Waals surface area (Å²) in [6.45, 7) is 2.17. The van der Waals surface area contributed by atoms with Crippen LogP contribution < -0.4 is 4.90 Å². The highest BCUT2D eigenvalue weighted by Crippen LogP contribution is 2.42. The minimum atomic E-state index is -0.950. The number of ketones is 1. The summed E-state index contributed by atoms with van der Waals surface area (Å²) in [6.07, 6.45) is 5.41. The van der Waals surface area contributed by atoms with Gasteiger partial charge in [0.25, 0.3) is 11.7 Å². The molecule has 4 aromatic rings. The number of aliphatic hydroxyl groups excluding tert-OH is 1. The number of pyridine rings is 1. The Morgan fingerprint density at radius 3 is 2.72 bits per heavy atom. The van der Waals surface area contributed by atoms with E-state index in [1.807, 2.05) is 31.2 Å². The van der Waals surface area contributed by atoms with Crippen LogP contribution in [-0.4, -0.2) is 39.3 Å². The van der Waals surface area contributed by atoms with Crippen LogP contribution in [0.4, 0.5) is 5.69 Å². The van der Waals surface area contributed by atoms with E-state index in [2.05, 4.69) is 9.97 Å². The lowest BCUT2D eigenvalue weighted by molar-refractivity contribution is -0.132. The van der Waals surface area contributed by atoms with Crippen molar-refractivity contribution in [1.82, 2.24) is 9.97 Å². The second-order valence-corrected chi connectivity index (χ2v) is 8.39. The molecule has 8 nitrogen and oxygen atoms in total. The SMILES string of the molecule is CCCOC(=O)c1cccc(N2C(=O)C(=O)/C(=C(\O)c3c[nH]c4ccccc34)C2c2cccnc2)c1. The van der Waals surface area contributed by atoms with E-state index in [0.717, 1.165) is 5.52 Å². The summed E-state index contributed by atoms with van der Waals surface area (Å²) in [7, 11) is 0. The van der Waals surface area contributed by atoms with Gasteiger partial charge in [0.15, 0.2) is 0 Å². The lowest BCUT2D eigenvalue weighted by atomic mass is 9.96. The molecule has 1 saturated heterocycles. The molecule has 0 spiro atoms. The minimum Gasteiger partial charge on any atom is -0.507 e. The summed E-state index contributed by atoms with van der Waals surface area (Å²) in [5, 5.41) is 12.1. The van der Waals surface area contributed by atoms with Crippen molar-refractivity contribution in [1.29, 1.82) is 0 Å². The number of rotatable bonds is 6. The van der Waals surface area contributed by atoms with Crippen LogP contribution in [0.5, 0.6) is 0 Å². The summed E-state index contributed by atoms with van der Waals surface area (Å²) in [4.78, 5) is 47.7. The number of fused-ring (bicyclic) bond motifs is 1. The number of para-hydroxylation sites is 1. The minimum absolute atomic E-state index is 0.0586. The fraction of sp³-hybridized carbons (Fsp3) is 0.143. The van der Waals surface area contributed by atoms with Crippen LogP contribution in [0.15, 0.2) is 84.8 Å². The molecule has 1 amide bonds. The van der Waals surface area contributed by atoms with Gasteiger partial charge in [-0.15, -0.1) is 0 Å². The van der Waals surface area contributed by atoms with Crippen LogP contribution in [0.25, 0.3) is 16.7 Å². The number of amides is 1. The van der Waals surface area contributed by atoms with Gasteiger partial charge in [-0.25, -0.2) is 4.79 Å². The number of aliphatic hydroxyl groups is 1. The van der Waals surface area contributed by atoms with Gasteiger partial charge in [-0.2, -0.15) is 0 Å². The summed E-state index contributed by atoms with van der Waals surface area (Å²) < 4.78 is 5.23. The van der Waals surface area contributed by atoms with E-state index < -0.39 is 23.7 Å². The Kier molecular flexibility index (Phi) is 6.08. The van der Waals surface area contributed by atoms with Gasteiger partial charge in [0.2, 0.25) is 0 Å². The number of aromatic amines is 1. The quantitative estimate of drug-likeness (QED) is 0.178. The highest BCUT2D eigenvalue weighted by Gasteiger charge is 2.47. The second kappa shape index (κ2) is 9.50. The van der Waals surface area contributed by atoms with Crippen molar-refractivity contribution >= 4 is 40.0 Å². The van der Waals surface area contributed by atoms with E-state index in [9.17, 15) is 19.5 Å². The Balaban J connectivity index is 1.67. The molecule has 1 unspecified atom stereocenters. The Morgan fingerprint density at radius 2 is 1.94 bits per heavy atom. The van der Waals surface area contributed by atoms with Gasteiger partial charge in [-0.05, 0) is 42.3 Å². The molecule has 0 aliphatic carbocycles. The predicted molar refractivity (Wildman–Crippen MR) is 134 cm³/mol. The molecule has 1 aliphatic rings. The summed E-state index contributed by atoms with van der Waals surface area (Å²) >= 11 is 0. The van der Waals surface area contributed by atoms with Crippen LogP contribution in [0.2, 0.25) is 0 Å². The van der Waals surface area contributed by atoms with E-state index in [1.54, 1.807) is 48.9 Å². The maximum atomic E-state index is 13.4. The summed E-state index contributed by atoms with van der Waals surface area (Å²) in [5.74, 6) is -2.46. The molecule has 36 heavy (non-hydrogen) atoms. The number of Topliss-reactive ketones (excluding diaryl/α,β-unsaturated/α-hetero) is 1. The van der Waals surface area contributed by atoms with Crippen molar-refractivity contribution in [2.75, 3.05) is 11.5 Å². The number of nitrogens with one attached hydrogen (secondary N) is 1. The number of benzene rings is 2. The molecule has 0 bridgehead atoms. The highest BCUT2D eigenvalue weighted by atomic mass is 16.5. The lowest BCUT2D eigenvalue weighted by Crippen LogP contribution is -2.29. The maximum absolute atomic E-state index is 13.4. The van der Waals surface area contributed by atoms with Crippen LogP contribution in [0.3, 0.4) is 0 Å². The predicted octanol–water partition coefficient (Wildman–Crippen LogP) is 4.76. The number of esters is 1. The van der Waals surface area contributed by atoms with E-state index in [0.29, 0.717) is 28.6 Å². The maximum Gasteiger partial charge on any atom is 0.338 e. The molecule has 3 heterocycles. The number of nitrogens with zero attached hydrogens (tertiary/aromatic N) is 2. The van der Waals surface area contributed by atoms with Gasteiger partial charge in [-0.3, -0.25) is 19.5 Å². The first-order valence-electron chi connectivity index (χ1n) is 11.6. The number of hydrogen-bond donors (Lipinski definition) is 2. The zero-order valence-corrected chi connectivity index (χ0v) is 19.5. The number of ether oxygens (including phenoxy) is 1.